The molecule has 1 heterocycles. The van der Waals surface area contributed by atoms with Gasteiger partial charge in [0.1, 0.15) is 0 Å². The van der Waals surface area contributed by atoms with E-state index in [0.29, 0.717) is 32.7 Å². The third kappa shape index (κ3) is 4.21. The van der Waals surface area contributed by atoms with E-state index in [0.717, 1.165) is 30.4 Å². The number of rotatable bonds is 5. The van der Waals surface area contributed by atoms with Crippen molar-refractivity contribution in [2.75, 3.05) is 32.7 Å². The Labute approximate surface area is 151 Å². The van der Waals surface area contributed by atoms with Gasteiger partial charge in [-0.05, 0) is 38.3 Å². The van der Waals surface area contributed by atoms with Crippen molar-refractivity contribution in [3.63, 3.8) is 0 Å². The van der Waals surface area contributed by atoms with Gasteiger partial charge in [-0.15, -0.1) is 0 Å². The van der Waals surface area contributed by atoms with Gasteiger partial charge >= 0.3 is 0 Å². The van der Waals surface area contributed by atoms with Crippen LogP contribution >= 0.6 is 0 Å². The molecule has 0 aliphatic carbocycles. The summed E-state index contributed by atoms with van der Waals surface area (Å²) in [4.78, 5) is 29.5. The molecule has 0 aromatic heterocycles. The predicted molar refractivity (Wildman–Crippen MR) is 100 cm³/mol. The summed E-state index contributed by atoms with van der Waals surface area (Å²) in [6.45, 7) is 8.95. The van der Waals surface area contributed by atoms with Crippen LogP contribution in [-0.4, -0.2) is 54.3 Å². The average Bonchev–Trinajstić information content (AvgIpc) is 2.89. The highest BCUT2D eigenvalue weighted by atomic mass is 16.2. The third-order valence-corrected chi connectivity index (χ3v) is 5.53. The van der Waals surface area contributed by atoms with Crippen LogP contribution in [0.15, 0.2) is 24.3 Å². The number of hydrogen-bond donors (Lipinski definition) is 1. The second-order valence-electron chi connectivity index (χ2n) is 7.00. The lowest BCUT2D eigenvalue weighted by molar-refractivity contribution is -0.142. The van der Waals surface area contributed by atoms with Crippen molar-refractivity contribution in [3.05, 3.63) is 35.4 Å². The second-order valence-corrected chi connectivity index (χ2v) is 7.00. The van der Waals surface area contributed by atoms with Crippen LogP contribution in [0, 0.1) is 12.3 Å². The molecule has 0 atom stereocenters. The molecule has 2 amide bonds. The van der Waals surface area contributed by atoms with Crippen molar-refractivity contribution in [2.24, 2.45) is 11.1 Å². The molecular formula is C20H31N3O2. The number of aryl methyl sites for hydroxylation is 1. The maximum Gasteiger partial charge on any atom is 0.253 e. The molecule has 2 rings (SSSR count). The standard InChI is InChI=1S/C20H31N3O2/c1-4-20(5-2,15-21)19(25)23-11-7-10-22(12-13-23)18(24)17-9-6-8-16(3)14-17/h6,8-9,14H,4-5,7,10-13,15,21H2,1-3H3. The maximum atomic E-state index is 13.0. The van der Waals surface area contributed by atoms with Crippen LogP contribution in [-0.2, 0) is 4.79 Å². The lowest BCUT2D eigenvalue weighted by Gasteiger charge is -2.34. The Kier molecular flexibility index (Phi) is 6.59. The molecule has 0 radical (unpaired) electrons. The predicted octanol–water partition coefficient (Wildman–Crippen LogP) is 2.43. The highest BCUT2D eigenvalue weighted by Crippen LogP contribution is 2.28. The van der Waals surface area contributed by atoms with Crippen LogP contribution < -0.4 is 5.73 Å². The molecule has 1 aliphatic heterocycles. The Morgan fingerprint density at radius 2 is 1.72 bits per heavy atom. The van der Waals surface area contributed by atoms with Crippen LogP contribution in [0.3, 0.4) is 0 Å². The van der Waals surface area contributed by atoms with Crippen molar-refractivity contribution in [2.45, 2.75) is 40.0 Å². The van der Waals surface area contributed by atoms with Crippen LogP contribution in [0.4, 0.5) is 0 Å². The van der Waals surface area contributed by atoms with Crippen LogP contribution in [0.25, 0.3) is 0 Å². The van der Waals surface area contributed by atoms with Gasteiger partial charge in [-0.1, -0.05) is 31.5 Å². The van der Waals surface area contributed by atoms with E-state index in [-0.39, 0.29) is 11.8 Å². The molecule has 1 aliphatic rings. The molecule has 1 fully saturated rings. The Balaban J connectivity index is 2.07. The quantitative estimate of drug-likeness (QED) is 0.891. The van der Waals surface area contributed by atoms with E-state index in [9.17, 15) is 9.59 Å². The number of nitrogens with zero attached hydrogens (tertiary/aromatic N) is 2. The lowest BCUT2D eigenvalue weighted by Crippen LogP contribution is -2.48. The average molecular weight is 345 g/mol. The first-order valence-corrected chi connectivity index (χ1v) is 9.32. The molecule has 1 aromatic rings. The molecule has 0 unspecified atom stereocenters. The molecule has 0 saturated carbocycles. The minimum atomic E-state index is -0.463. The molecule has 5 heteroatoms. The fourth-order valence-electron chi connectivity index (χ4n) is 3.55. The Morgan fingerprint density at radius 1 is 1.08 bits per heavy atom. The van der Waals surface area contributed by atoms with Gasteiger partial charge in [0, 0.05) is 38.3 Å². The summed E-state index contributed by atoms with van der Waals surface area (Å²) < 4.78 is 0. The number of carbonyl (C=O) groups is 2. The number of carbonyl (C=O) groups excluding carboxylic acids is 2. The molecular weight excluding hydrogens is 314 g/mol. The molecule has 0 spiro atoms. The molecule has 138 valence electrons. The highest BCUT2D eigenvalue weighted by molar-refractivity contribution is 5.94. The number of hydrogen-bond acceptors (Lipinski definition) is 3. The lowest BCUT2D eigenvalue weighted by atomic mass is 9.81. The third-order valence-electron chi connectivity index (χ3n) is 5.53. The van der Waals surface area contributed by atoms with E-state index in [4.69, 9.17) is 5.73 Å². The van der Waals surface area contributed by atoms with Gasteiger partial charge in [0.2, 0.25) is 5.91 Å². The van der Waals surface area contributed by atoms with E-state index in [1.807, 2.05) is 54.8 Å². The van der Waals surface area contributed by atoms with Crippen LogP contribution in [0.1, 0.15) is 49.0 Å². The van der Waals surface area contributed by atoms with Crippen molar-refractivity contribution in [1.82, 2.24) is 9.80 Å². The monoisotopic (exact) mass is 345 g/mol. The number of nitrogens with two attached hydrogens (primary N) is 1. The van der Waals surface area contributed by atoms with Gasteiger partial charge in [0.25, 0.3) is 5.91 Å². The first kappa shape index (κ1) is 19.4. The maximum absolute atomic E-state index is 13.0. The van der Waals surface area contributed by atoms with Gasteiger partial charge in [0.05, 0.1) is 5.41 Å². The number of benzene rings is 1. The summed E-state index contributed by atoms with van der Waals surface area (Å²) in [5, 5.41) is 0. The second kappa shape index (κ2) is 8.48. The van der Waals surface area contributed by atoms with Gasteiger partial charge in [-0.25, -0.2) is 0 Å². The molecule has 5 nitrogen and oxygen atoms in total. The summed E-state index contributed by atoms with van der Waals surface area (Å²) in [6.07, 6.45) is 2.31. The van der Waals surface area contributed by atoms with E-state index < -0.39 is 5.41 Å². The summed E-state index contributed by atoms with van der Waals surface area (Å²) in [5.41, 5.74) is 7.27. The van der Waals surface area contributed by atoms with Crippen molar-refractivity contribution >= 4 is 11.8 Å². The highest BCUT2D eigenvalue weighted by Gasteiger charge is 2.37. The van der Waals surface area contributed by atoms with Gasteiger partial charge in [0.15, 0.2) is 0 Å². The largest absolute Gasteiger partial charge is 0.340 e. The zero-order valence-electron chi connectivity index (χ0n) is 15.8. The van der Waals surface area contributed by atoms with Crippen molar-refractivity contribution < 1.29 is 9.59 Å². The molecule has 1 saturated heterocycles. The van der Waals surface area contributed by atoms with Gasteiger partial charge < -0.3 is 15.5 Å². The Hall–Kier alpha value is -1.88. The summed E-state index contributed by atoms with van der Waals surface area (Å²) in [5.74, 6) is 0.193. The normalized spacial score (nSPS) is 15.8. The zero-order chi connectivity index (χ0) is 18.4. The molecule has 1 aromatic carbocycles. The van der Waals surface area contributed by atoms with E-state index in [1.54, 1.807) is 0 Å². The smallest absolute Gasteiger partial charge is 0.253 e. The first-order valence-electron chi connectivity index (χ1n) is 9.32. The Bertz CT molecular complexity index is 602. The summed E-state index contributed by atoms with van der Waals surface area (Å²) >= 11 is 0. The molecule has 0 bridgehead atoms. The fourth-order valence-corrected chi connectivity index (χ4v) is 3.55. The first-order chi connectivity index (χ1) is 12.0. The zero-order valence-corrected chi connectivity index (χ0v) is 15.8. The number of amides is 2. The van der Waals surface area contributed by atoms with E-state index in [1.165, 1.54) is 0 Å². The molecule has 2 N–H and O–H groups in total. The minimum Gasteiger partial charge on any atom is -0.340 e. The SMILES string of the molecule is CCC(CC)(CN)C(=O)N1CCCN(C(=O)c2cccc(C)c2)CC1. The van der Waals surface area contributed by atoms with Crippen LogP contribution in [0.5, 0.6) is 0 Å². The topological polar surface area (TPSA) is 66.6 Å². The van der Waals surface area contributed by atoms with E-state index >= 15 is 0 Å². The van der Waals surface area contributed by atoms with Gasteiger partial charge in [-0.2, -0.15) is 0 Å². The van der Waals surface area contributed by atoms with Gasteiger partial charge in [-0.3, -0.25) is 9.59 Å². The summed E-state index contributed by atoms with van der Waals surface area (Å²) in [7, 11) is 0. The van der Waals surface area contributed by atoms with Crippen molar-refractivity contribution in [3.8, 4) is 0 Å². The van der Waals surface area contributed by atoms with Crippen LogP contribution in [0.2, 0.25) is 0 Å². The Morgan fingerprint density at radius 3 is 2.32 bits per heavy atom. The minimum absolute atomic E-state index is 0.0501. The van der Waals surface area contributed by atoms with Crippen molar-refractivity contribution in [1.29, 1.82) is 0 Å². The van der Waals surface area contributed by atoms with E-state index in [2.05, 4.69) is 0 Å². The summed E-state index contributed by atoms with van der Waals surface area (Å²) in [6, 6.07) is 7.68. The fraction of sp³-hybridized carbons (Fsp3) is 0.600. The molecule has 25 heavy (non-hydrogen) atoms.